The summed E-state index contributed by atoms with van der Waals surface area (Å²) >= 11 is 6.00. The molecule has 2 aromatic rings. The van der Waals surface area contributed by atoms with Gasteiger partial charge in [-0.25, -0.2) is 4.79 Å². The lowest BCUT2D eigenvalue weighted by molar-refractivity contribution is 0.0690. The number of halogens is 1. The molecular weight excluding hydrogens is 292 g/mol. The fourth-order valence-corrected chi connectivity index (χ4v) is 2.18. The minimum atomic E-state index is -1.07. The number of hydrogen-bond donors (Lipinski definition) is 1. The average molecular weight is 309 g/mol. The first kappa shape index (κ1) is 15.5. The molecule has 0 spiro atoms. The van der Waals surface area contributed by atoms with Gasteiger partial charge in [0.25, 0.3) is 0 Å². The van der Waals surface area contributed by atoms with E-state index < -0.39 is 5.97 Å². The second-order valence-electron chi connectivity index (χ2n) is 4.88. The van der Waals surface area contributed by atoms with E-state index in [-0.39, 0.29) is 11.7 Å². The average Bonchev–Trinajstić information content (AvgIpc) is 2.93. The van der Waals surface area contributed by atoms with Gasteiger partial charge in [0, 0.05) is 17.6 Å². The molecule has 0 saturated heterocycles. The molecule has 0 aliphatic rings. The van der Waals surface area contributed by atoms with Crippen molar-refractivity contribution in [2.75, 3.05) is 13.6 Å². The van der Waals surface area contributed by atoms with Gasteiger partial charge in [0.05, 0.1) is 12.7 Å². The van der Waals surface area contributed by atoms with Gasteiger partial charge in [-0.15, -0.1) is 5.10 Å². The monoisotopic (exact) mass is 308 g/mol. The molecule has 2 rings (SSSR count). The number of aromatic nitrogens is 3. The number of likely N-dealkylation sites (N-methyl/N-ethyl adjacent to an activating group) is 1. The van der Waals surface area contributed by atoms with Crippen molar-refractivity contribution in [3.05, 3.63) is 46.7 Å². The van der Waals surface area contributed by atoms with Crippen LogP contribution in [0, 0.1) is 0 Å². The molecule has 1 aromatic heterocycles. The Morgan fingerprint density at radius 2 is 2.29 bits per heavy atom. The van der Waals surface area contributed by atoms with Crippen LogP contribution in [0.15, 0.2) is 30.5 Å². The van der Waals surface area contributed by atoms with E-state index in [4.69, 9.17) is 16.7 Å². The van der Waals surface area contributed by atoms with E-state index in [0.717, 1.165) is 17.1 Å². The van der Waals surface area contributed by atoms with Crippen molar-refractivity contribution < 1.29 is 9.90 Å². The zero-order chi connectivity index (χ0) is 15.4. The topological polar surface area (TPSA) is 71.2 Å². The highest BCUT2D eigenvalue weighted by atomic mass is 35.5. The second-order valence-corrected chi connectivity index (χ2v) is 5.32. The van der Waals surface area contributed by atoms with Gasteiger partial charge >= 0.3 is 5.97 Å². The van der Waals surface area contributed by atoms with Crippen LogP contribution in [0.25, 0.3) is 0 Å². The molecule has 1 N–H and O–H groups in total. The summed E-state index contributed by atoms with van der Waals surface area (Å²) in [5.41, 5.74) is 1.09. The summed E-state index contributed by atoms with van der Waals surface area (Å²) < 4.78 is 1.53. The van der Waals surface area contributed by atoms with Gasteiger partial charge in [0.1, 0.15) is 0 Å². The number of rotatable bonds is 6. The van der Waals surface area contributed by atoms with Crippen molar-refractivity contribution >= 4 is 17.6 Å². The van der Waals surface area contributed by atoms with Gasteiger partial charge in [-0.1, -0.05) is 28.9 Å². The molecule has 112 valence electrons. The fourth-order valence-electron chi connectivity index (χ4n) is 1.98. The van der Waals surface area contributed by atoms with E-state index in [0.29, 0.717) is 6.54 Å². The van der Waals surface area contributed by atoms with Gasteiger partial charge in [-0.3, -0.25) is 9.58 Å². The Morgan fingerprint density at radius 3 is 2.90 bits per heavy atom. The van der Waals surface area contributed by atoms with Crippen LogP contribution in [0.2, 0.25) is 5.02 Å². The number of carboxylic acid groups (broad SMARTS) is 1. The summed E-state index contributed by atoms with van der Waals surface area (Å²) in [6.45, 7) is 3.38. The van der Waals surface area contributed by atoms with Crippen LogP contribution < -0.4 is 0 Å². The molecule has 6 nitrogen and oxygen atoms in total. The second kappa shape index (κ2) is 6.69. The molecule has 1 aromatic carbocycles. The summed E-state index contributed by atoms with van der Waals surface area (Å²) in [5.74, 6) is -1.07. The third-order valence-corrected chi connectivity index (χ3v) is 3.67. The lowest BCUT2D eigenvalue weighted by Crippen LogP contribution is -2.26. The van der Waals surface area contributed by atoms with E-state index in [1.165, 1.54) is 10.9 Å². The van der Waals surface area contributed by atoms with Gasteiger partial charge < -0.3 is 5.11 Å². The molecule has 1 unspecified atom stereocenters. The molecule has 1 heterocycles. The smallest absolute Gasteiger partial charge is 0.358 e. The van der Waals surface area contributed by atoms with Crippen LogP contribution in [0.1, 0.15) is 29.0 Å². The zero-order valence-corrected chi connectivity index (χ0v) is 12.7. The van der Waals surface area contributed by atoms with Crippen LogP contribution >= 0.6 is 11.6 Å². The van der Waals surface area contributed by atoms with E-state index >= 15 is 0 Å². The third-order valence-electron chi connectivity index (χ3n) is 3.43. The largest absolute Gasteiger partial charge is 0.476 e. The maximum absolute atomic E-state index is 10.7. The van der Waals surface area contributed by atoms with Gasteiger partial charge in [-0.05, 0) is 31.7 Å². The minimum absolute atomic E-state index is 0.0412. The van der Waals surface area contributed by atoms with Crippen molar-refractivity contribution in [1.82, 2.24) is 19.9 Å². The predicted octanol–water partition coefficient (Wildman–Crippen LogP) is 2.32. The number of aromatic carboxylic acids is 1. The maximum atomic E-state index is 10.7. The van der Waals surface area contributed by atoms with Crippen molar-refractivity contribution in [2.24, 2.45) is 0 Å². The minimum Gasteiger partial charge on any atom is -0.476 e. The molecule has 0 aliphatic carbocycles. The Kier molecular flexibility index (Phi) is 4.93. The first-order valence-electron chi connectivity index (χ1n) is 6.56. The van der Waals surface area contributed by atoms with E-state index in [1.807, 2.05) is 31.3 Å². The molecular formula is C14H17ClN4O2. The highest BCUT2D eigenvalue weighted by molar-refractivity contribution is 6.30. The van der Waals surface area contributed by atoms with Gasteiger partial charge in [0.2, 0.25) is 0 Å². The summed E-state index contributed by atoms with van der Waals surface area (Å²) in [7, 11) is 2.00. The number of carbonyl (C=O) groups is 1. The van der Waals surface area contributed by atoms with Crippen LogP contribution in [-0.2, 0) is 6.54 Å². The van der Waals surface area contributed by atoms with Crippen LogP contribution in [0.5, 0.6) is 0 Å². The Bertz CT molecular complexity index is 629. The highest BCUT2D eigenvalue weighted by Gasteiger charge is 2.13. The number of nitrogens with zero attached hydrogens (tertiary/aromatic N) is 4. The van der Waals surface area contributed by atoms with Crippen LogP contribution in [-0.4, -0.2) is 44.6 Å². The SMILES string of the molecule is CC(c1cccc(Cl)c1)N(C)CCn1cc(C(=O)O)nn1. The molecule has 21 heavy (non-hydrogen) atoms. The predicted molar refractivity (Wildman–Crippen MR) is 79.5 cm³/mol. The quantitative estimate of drug-likeness (QED) is 0.886. The third kappa shape index (κ3) is 4.03. The fraction of sp³-hybridized carbons (Fsp3) is 0.357. The molecule has 0 amide bonds. The molecule has 7 heteroatoms. The van der Waals surface area contributed by atoms with Crippen molar-refractivity contribution in [1.29, 1.82) is 0 Å². The summed E-state index contributed by atoms with van der Waals surface area (Å²) in [6, 6.07) is 7.96. The lowest BCUT2D eigenvalue weighted by Gasteiger charge is -2.25. The maximum Gasteiger partial charge on any atom is 0.358 e. The molecule has 0 radical (unpaired) electrons. The molecule has 1 atom stereocenters. The standard InChI is InChI=1S/C14H17ClN4O2/c1-10(11-4-3-5-12(15)8-11)18(2)6-7-19-9-13(14(20)21)16-17-19/h3-5,8-10H,6-7H2,1-2H3,(H,20,21). The molecule has 0 aliphatic heterocycles. The summed E-state index contributed by atoms with van der Waals surface area (Å²) in [4.78, 5) is 12.9. The highest BCUT2D eigenvalue weighted by Crippen LogP contribution is 2.21. The Balaban J connectivity index is 1.94. The Morgan fingerprint density at radius 1 is 1.52 bits per heavy atom. The summed E-state index contributed by atoms with van der Waals surface area (Å²) in [6.07, 6.45) is 1.43. The Labute approximate surface area is 127 Å². The normalized spacial score (nSPS) is 12.6. The molecule has 0 saturated carbocycles. The molecule has 0 fully saturated rings. The van der Waals surface area contributed by atoms with Crippen LogP contribution in [0.4, 0.5) is 0 Å². The number of benzene rings is 1. The lowest BCUT2D eigenvalue weighted by atomic mass is 10.1. The number of carboxylic acids is 1. The van der Waals surface area contributed by atoms with E-state index in [2.05, 4.69) is 22.1 Å². The van der Waals surface area contributed by atoms with Crippen molar-refractivity contribution in [2.45, 2.75) is 19.5 Å². The first-order valence-corrected chi connectivity index (χ1v) is 6.94. The molecule has 0 bridgehead atoms. The van der Waals surface area contributed by atoms with Gasteiger partial charge in [0.15, 0.2) is 5.69 Å². The van der Waals surface area contributed by atoms with E-state index in [9.17, 15) is 4.79 Å². The van der Waals surface area contributed by atoms with Crippen molar-refractivity contribution in [3.8, 4) is 0 Å². The first-order chi connectivity index (χ1) is 9.97. The van der Waals surface area contributed by atoms with Gasteiger partial charge in [-0.2, -0.15) is 0 Å². The Hall–Kier alpha value is -1.92. The van der Waals surface area contributed by atoms with Crippen LogP contribution in [0.3, 0.4) is 0 Å². The van der Waals surface area contributed by atoms with Crippen molar-refractivity contribution in [3.63, 3.8) is 0 Å². The zero-order valence-electron chi connectivity index (χ0n) is 11.9. The number of hydrogen-bond acceptors (Lipinski definition) is 4. The summed E-state index contributed by atoms with van der Waals surface area (Å²) in [5, 5.41) is 16.9. The van der Waals surface area contributed by atoms with E-state index in [1.54, 1.807) is 0 Å².